The lowest BCUT2D eigenvalue weighted by Gasteiger charge is -2.22. The highest BCUT2D eigenvalue weighted by Gasteiger charge is 2.57. The fourth-order valence-electron chi connectivity index (χ4n) is 4.03. The molecule has 2 amide bonds. The largest absolute Gasteiger partial charge is 0.273 e. The number of nitro benzene ring substituents is 1. The van der Waals surface area contributed by atoms with Crippen molar-refractivity contribution in [2.24, 2.45) is 11.0 Å². The van der Waals surface area contributed by atoms with Gasteiger partial charge >= 0.3 is 0 Å². The molecular formula is C23H16N4O4. The molecule has 3 aromatic rings. The number of amides is 2. The topological polar surface area (TPSA) is 96.1 Å². The lowest BCUT2D eigenvalue weighted by molar-refractivity contribution is -0.384. The van der Waals surface area contributed by atoms with Gasteiger partial charge in [-0.1, -0.05) is 36.4 Å². The normalized spacial score (nSPS) is 20.1. The molecule has 8 heteroatoms. The summed E-state index contributed by atoms with van der Waals surface area (Å²) in [6, 6.07) is 23.0. The second kappa shape index (κ2) is 7.17. The minimum absolute atomic E-state index is 0.0569. The Morgan fingerprint density at radius 2 is 1.35 bits per heavy atom. The molecule has 0 saturated carbocycles. The third kappa shape index (κ3) is 2.96. The van der Waals surface area contributed by atoms with E-state index in [1.165, 1.54) is 17.0 Å². The number of rotatable bonds is 4. The van der Waals surface area contributed by atoms with E-state index in [9.17, 15) is 19.7 Å². The molecule has 0 N–H and O–H groups in total. The summed E-state index contributed by atoms with van der Waals surface area (Å²) in [7, 11) is 0. The maximum atomic E-state index is 13.4. The molecule has 0 aromatic heterocycles. The van der Waals surface area contributed by atoms with Crippen molar-refractivity contribution in [3.8, 4) is 0 Å². The summed E-state index contributed by atoms with van der Waals surface area (Å²) < 4.78 is 0. The van der Waals surface area contributed by atoms with Crippen LogP contribution in [0.15, 0.2) is 90.0 Å². The maximum absolute atomic E-state index is 13.4. The summed E-state index contributed by atoms with van der Waals surface area (Å²) in [5.74, 6) is -1.53. The molecule has 2 aliphatic rings. The number of fused-ring (bicyclic) bond motifs is 1. The van der Waals surface area contributed by atoms with Gasteiger partial charge in [-0.2, -0.15) is 5.10 Å². The van der Waals surface area contributed by atoms with E-state index in [1.807, 2.05) is 36.4 Å². The third-order valence-electron chi connectivity index (χ3n) is 5.46. The zero-order valence-corrected chi connectivity index (χ0v) is 16.2. The number of imide groups is 1. The van der Waals surface area contributed by atoms with E-state index in [0.29, 0.717) is 22.6 Å². The number of carbonyl (C=O) groups is 2. The van der Waals surface area contributed by atoms with Crippen molar-refractivity contribution in [3.05, 3.63) is 101 Å². The van der Waals surface area contributed by atoms with E-state index >= 15 is 0 Å². The molecular weight excluding hydrogens is 396 g/mol. The number of non-ortho nitro benzene ring substituents is 1. The quantitative estimate of drug-likeness (QED) is 0.372. The maximum Gasteiger partial charge on any atom is 0.269 e. The summed E-state index contributed by atoms with van der Waals surface area (Å²) in [5.41, 5.74) is 2.11. The van der Waals surface area contributed by atoms with E-state index in [4.69, 9.17) is 0 Å². The molecule has 152 valence electrons. The summed E-state index contributed by atoms with van der Waals surface area (Å²) >= 11 is 0. The monoisotopic (exact) mass is 412 g/mol. The Balaban J connectivity index is 1.62. The molecule has 2 aliphatic heterocycles. The highest BCUT2D eigenvalue weighted by atomic mass is 16.6. The van der Waals surface area contributed by atoms with Gasteiger partial charge in [-0.25, -0.2) is 4.90 Å². The van der Waals surface area contributed by atoms with Crippen LogP contribution in [0.2, 0.25) is 0 Å². The lowest BCUT2D eigenvalue weighted by Crippen LogP contribution is -2.39. The highest BCUT2D eigenvalue weighted by molar-refractivity contribution is 6.34. The van der Waals surface area contributed by atoms with Crippen LogP contribution in [0.25, 0.3) is 0 Å². The van der Waals surface area contributed by atoms with Crippen molar-refractivity contribution in [2.75, 3.05) is 9.91 Å². The van der Waals surface area contributed by atoms with Crippen molar-refractivity contribution in [1.29, 1.82) is 0 Å². The van der Waals surface area contributed by atoms with Crippen LogP contribution in [-0.4, -0.2) is 28.5 Å². The standard InChI is InChI=1S/C23H16N4O4/c28-22-19-20(15-11-13-18(14-12-15)27(30)31)24-26(17-9-5-2-6-10-17)21(19)23(29)25(22)16-7-3-1-4-8-16/h1-14,19,21H/t19-,21+/m1/s1. The number of hydrazone groups is 1. The number of para-hydroxylation sites is 2. The number of benzene rings is 3. The second-order valence-electron chi connectivity index (χ2n) is 7.24. The first-order chi connectivity index (χ1) is 15.1. The van der Waals surface area contributed by atoms with Crippen LogP contribution in [0.3, 0.4) is 0 Å². The molecule has 0 bridgehead atoms. The molecule has 1 fully saturated rings. The molecule has 0 spiro atoms. The Hall–Kier alpha value is -4.33. The zero-order valence-electron chi connectivity index (χ0n) is 16.2. The Morgan fingerprint density at radius 3 is 1.94 bits per heavy atom. The van der Waals surface area contributed by atoms with Gasteiger partial charge in [-0.05, 0) is 42.0 Å². The molecule has 0 unspecified atom stereocenters. The number of hydrogen-bond acceptors (Lipinski definition) is 6. The van der Waals surface area contributed by atoms with Gasteiger partial charge in [0.15, 0.2) is 0 Å². The van der Waals surface area contributed by atoms with Crippen LogP contribution >= 0.6 is 0 Å². The fraction of sp³-hybridized carbons (Fsp3) is 0.0870. The predicted octanol–water partition coefficient (Wildman–Crippen LogP) is 3.38. The van der Waals surface area contributed by atoms with Crippen molar-refractivity contribution in [1.82, 2.24) is 0 Å². The summed E-state index contributed by atoms with van der Waals surface area (Å²) in [5, 5.41) is 17.2. The molecule has 3 aromatic carbocycles. The Bertz CT molecular complexity index is 1210. The predicted molar refractivity (Wildman–Crippen MR) is 115 cm³/mol. The zero-order chi connectivity index (χ0) is 21.5. The van der Waals surface area contributed by atoms with Gasteiger partial charge in [0, 0.05) is 12.1 Å². The Morgan fingerprint density at radius 1 is 0.774 bits per heavy atom. The lowest BCUT2D eigenvalue weighted by atomic mass is 9.92. The first-order valence-corrected chi connectivity index (χ1v) is 9.67. The van der Waals surface area contributed by atoms with Gasteiger partial charge in [0.2, 0.25) is 5.91 Å². The Labute approximate surface area is 177 Å². The molecule has 1 saturated heterocycles. The van der Waals surface area contributed by atoms with Crippen LogP contribution in [-0.2, 0) is 9.59 Å². The average Bonchev–Trinajstić information content (AvgIpc) is 3.32. The van der Waals surface area contributed by atoms with Gasteiger partial charge in [0.1, 0.15) is 12.0 Å². The van der Waals surface area contributed by atoms with Crippen molar-refractivity contribution in [2.45, 2.75) is 6.04 Å². The molecule has 2 heterocycles. The van der Waals surface area contributed by atoms with Gasteiger partial charge in [-0.3, -0.25) is 24.7 Å². The van der Waals surface area contributed by atoms with Crippen LogP contribution in [0.5, 0.6) is 0 Å². The SMILES string of the molecule is O=C1[C@@H]2C(c3ccc([N+](=O)[O-])cc3)=NN(c3ccccc3)[C@@H]2C(=O)N1c1ccccc1. The molecule has 2 atom stereocenters. The van der Waals surface area contributed by atoms with E-state index < -0.39 is 16.9 Å². The minimum atomic E-state index is -0.819. The van der Waals surface area contributed by atoms with Crippen LogP contribution in [0, 0.1) is 16.0 Å². The first kappa shape index (κ1) is 18.7. The number of carbonyl (C=O) groups excluding carboxylic acids is 2. The van der Waals surface area contributed by atoms with E-state index in [1.54, 1.807) is 41.4 Å². The van der Waals surface area contributed by atoms with E-state index in [0.717, 1.165) is 0 Å². The van der Waals surface area contributed by atoms with Gasteiger partial charge in [0.25, 0.3) is 11.6 Å². The summed E-state index contributed by atoms with van der Waals surface area (Å²) in [4.78, 5) is 38.5. The smallest absolute Gasteiger partial charge is 0.269 e. The highest BCUT2D eigenvalue weighted by Crippen LogP contribution is 2.39. The first-order valence-electron chi connectivity index (χ1n) is 9.67. The average molecular weight is 412 g/mol. The third-order valence-corrected chi connectivity index (χ3v) is 5.46. The van der Waals surface area contributed by atoms with Crippen LogP contribution in [0.1, 0.15) is 5.56 Å². The van der Waals surface area contributed by atoms with Gasteiger partial charge < -0.3 is 0 Å². The van der Waals surface area contributed by atoms with Gasteiger partial charge in [-0.15, -0.1) is 0 Å². The number of nitrogens with zero attached hydrogens (tertiary/aromatic N) is 4. The molecule has 0 radical (unpaired) electrons. The van der Waals surface area contributed by atoms with Gasteiger partial charge in [0.05, 0.1) is 22.0 Å². The van der Waals surface area contributed by atoms with Crippen LogP contribution in [0.4, 0.5) is 17.1 Å². The summed E-state index contributed by atoms with van der Waals surface area (Å²) in [6.45, 7) is 0. The number of anilines is 2. The van der Waals surface area contributed by atoms with E-state index in [-0.39, 0.29) is 17.5 Å². The minimum Gasteiger partial charge on any atom is -0.273 e. The second-order valence-corrected chi connectivity index (χ2v) is 7.24. The number of hydrogen-bond donors (Lipinski definition) is 0. The number of nitro groups is 1. The molecule has 0 aliphatic carbocycles. The van der Waals surface area contributed by atoms with Crippen molar-refractivity contribution in [3.63, 3.8) is 0 Å². The van der Waals surface area contributed by atoms with E-state index in [2.05, 4.69) is 5.10 Å². The Kier molecular flexibility index (Phi) is 4.32. The van der Waals surface area contributed by atoms with Crippen molar-refractivity contribution >= 4 is 34.6 Å². The van der Waals surface area contributed by atoms with Crippen molar-refractivity contribution < 1.29 is 14.5 Å². The molecule has 5 rings (SSSR count). The summed E-state index contributed by atoms with van der Waals surface area (Å²) in [6.07, 6.45) is 0. The molecule has 31 heavy (non-hydrogen) atoms. The molecule has 8 nitrogen and oxygen atoms in total. The van der Waals surface area contributed by atoms with Crippen LogP contribution < -0.4 is 9.91 Å². The fourth-order valence-corrected chi connectivity index (χ4v) is 4.03.